The Labute approximate surface area is 193 Å². The molecule has 32 heavy (non-hydrogen) atoms. The third kappa shape index (κ3) is 4.50. The van der Waals surface area contributed by atoms with Crippen LogP contribution in [0, 0.1) is 12.8 Å². The molecular weight excluding hydrogens is 400 g/mol. The maximum atomic E-state index is 13.7. The van der Waals surface area contributed by atoms with E-state index in [1.807, 2.05) is 0 Å². The molecule has 0 saturated heterocycles. The summed E-state index contributed by atoms with van der Waals surface area (Å²) in [5.41, 5.74) is 6.73. The molecule has 0 atom stereocenters. The Balaban J connectivity index is 1.58. The van der Waals surface area contributed by atoms with Gasteiger partial charge in [0, 0.05) is 30.0 Å². The maximum absolute atomic E-state index is 13.7. The van der Waals surface area contributed by atoms with Crippen molar-refractivity contribution in [2.45, 2.75) is 102 Å². The van der Waals surface area contributed by atoms with Gasteiger partial charge in [-0.05, 0) is 72.6 Å². The second-order valence-corrected chi connectivity index (χ2v) is 11.4. The minimum Gasteiger partial charge on any atom is -0.207 e. The Morgan fingerprint density at radius 3 is 2.19 bits per heavy atom. The minimum absolute atomic E-state index is 0.0236. The van der Waals surface area contributed by atoms with Crippen molar-refractivity contribution in [1.82, 2.24) is 0 Å². The highest BCUT2D eigenvalue weighted by atomic mass is 19.3. The number of alkyl halides is 2. The molecule has 4 rings (SSSR count). The summed E-state index contributed by atoms with van der Waals surface area (Å²) >= 11 is 0. The van der Waals surface area contributed by atoms with E-state index < -0.39 is 5.92 Å². The van der Waals surface area contributed by atoms with E-state index in [1.54, 1.807) is 0 Å². The van der Waals surface area contributed by atoms with Crippen molar-refractivity contribution in [3.63, 3.8) is 0 Å². The predicted molar refractivity (Wildman–Crippen MR) is 128 cm³/mol. The number of halogens is 2. The van der Waals surface area contributed by atoms with Crippen LogP contribution in [0.15, 0.2) is 36.5 Å². The third-order valence-electron chi connectivity index (χ3n) is 8.77. The number of benzene rings is 1. The zero-order chi connectivity index (χ0) is 23.1. The summed E-state index contributed by atoms with van der Waals surface area (Å²) in [5.74, 6) is -2.18. The van der Waals surface area contributed by atoms with Crippen LogP contribution in [0.4, 0.5) is 8.78 Å². The fraction of sp³-hybridized carbons (Fsp3) is 0.621. The molecule has 1 aromatic heterocycles. The van der Waals surface area contributed by atoms with Crippen molar-refractivity contribution in [2.24, 2.45) is 13.0 Å². The second-order valence-electron chi connectivity index (χ2n) is 11.4. The monoisotopic (exact) mass is 440 g/mol. The Bertz CT molecular complexity index is 959. The molecule has 2 saturated carbocycles. The fourth-order valence-corrected chi connectivity index (χ4v) is 6.21. The summed E-state index contributed by atoms with van der Waals surface area (Å²) in [6.45, 7) is 9.10. The molecule has 1 heterocycles. The van der Waals surface area contributed by atoms with Gasteiger partial charge in [-0.2, -0.15) is 0 Å². The number of hydrogen-bond donors (Lipinski definition) is 0. The van der Waals surface area contributed by atoms with Crippen molar-refractivity contribution in [2.75, 3.05) is 0 Å². The van der Waals surface area contributed by atoms with Gasteiger partial charge in [0.15, 0.2) is 6.20 Å². The molecule has 2 aliphatic rings. The van der Waals surface area contributed by atoms with E-state index in [9.17, 15) is 8.78 Å². The Hall–Kier alpha value is -1.77. The maximum Gasteiger partial charge on any atom is 0.248 e. The molecule has 2 fully saturated rings. The Morgan fingerprint density at radius 1 is 0.938 bits per heavy atom. The lowest BCUT2D eigenvalue weighted by molar-refractivity contribution is -0.661. The van der Waals surface area contributed by atoms with Crippen LogP contribution in [-0.4, -0.2) is 5.92 Å². The lowest BCUT2D eigenvalue weighted by atomic mass is 9.67. The molecule has 0 unspecified atom stereocenters. The molecular formula is C29H40F2N+. The zero-order valence-corrected chi connectivity index (χ0v) is 20.6. The normalized spacial score (nSPS) is 21.5. The van der Waals surface area contributed by atoms with Crippen LogP contribution < -0.4 is 4.57 Å². The first-order valence-electron chi connectivity index (χ1n) is 12.5. The van der Waals surface area contributed by atoms with Gasteiger partial charge in [0.25, 0.3) is 0 Å². The average Bonchev–Trinajstić information content (AvgIpc) is 2.74. The van der Waals surface area contributed by atoms with Crippen molar-refractivity contribution in [3.8, 4) is 11.3 Å². The standard InChI is InChI=1S/C29H40F2N/c1-21-19-23(28(4)15-7-6-8-16-28)9-11-25(21)26-12-10-24(20-32(26)5)27(2,3)22-13-17-29(30,31)18-14-22/h9-12,19-20,22H,6-8,13-18H2,1-5H3/q+1. The first-order valence-corrected chi connectivity index (χ1v) is 12.5. The summed E-state index contributed by atoms with van der Waals surface area (Å²) in [5, 5.41) is 0. The predicted octanol–water partition coefficient (Wildman–Crippen LogP) is 7.81. The molecule has 3 heteroatoms. The van der Waals surface area contributed by atoms with Crippen LogP contribution in [0.1, 0.15) is 95.2 Å². The van der Waals surface area contributed by atoms with Gasteiger partial charge in [0.2, 0.25) is 11.6 Å². The highest BCUT2D eigenvalue weighted by Gasteiger charge is 2.42. The van der Waals surface area contributed by atoms with Gasteiger partial charge in [-0.3, -0.25) is 0 Å². The van der Waals surface area contributed by atoms with Crippen LogP contribution in [0.5, 0.6) is 0 Å². The number of pyridine rings is 1. The third-order valence-corrected chi connectivity index (χ3v) is 8.77. The molecule has 174 valence electrons. The average molecular weight is 441 g/mol. The van der Waals surface area contributed by atoms with Crippen molar-refractivity contribution in [1.29, 1.82) is 0 Å². The van der Waals surface area contributed by atoms with Gasteiger partial charge >= 0.3 is 0 Å². The molecule has 2 aliphatic carbocycles. The highest BCUT2D eigenvalue weighted by Crippen LogP contribution is 2.45. The summed E-state index contributed by atoms with van der Waals surface area (Å²) in [4.78, 5) is 0. The van der Waals surface area contributed by atoms with Crippen LogP contribution in [-0.2, 0) is 17.9 Å². The highest BCUT2D eigenvalue weighted by molar-refractivity contribution is 5.62. The number of aryl methyl sites for hydroxylation is 2. The number of rotatable bonds is 4. The van der Waals surface area contributed by atoms with Crippen molar-refractivity contribution >= 4 is 0 Å². The smallest absolute Gasteiger partial charge is 0.207 e. The van der Waals surface area contributed by atoms with E-state index in [2.05, 4.69) is 75.8 Å². The number of aromatic nitrogens is 1. The van der Waals surface area contributed by atoms with E-state index >= 15 is 0 Å². The van der Waals surface area contributed by atoms with Gasteiger partial charge in [-0.1, -0.05) is 52.2 Å². The first-order chi connectivity index (χ1) is 15.0. The molecule has 1 nitrogen and oxygen atoms in total. The van der Waals surface area contributed by atoms with Crippen molar-refractivity contribution < 1.29 is 13.3 Å². The van der Waals surface area contributed by atoms with E-state index in [1.165, 1.54) is 60.1 Å². The molecule has 1 aromatic carbocycles. The second kappa shape index (κ2) is 8.54. The van der Waals surface area contributed by atoms with E-state index in [4.69, 9.17) is 0 Å². The summed E-state index contributed by atoms with van der Waals surface area (Å²) < 4.78 is 29.6. The molecule has 2 aromatic rings. The van der Waals surface area contributed by atoms with E-state index in [0.717, 1.165) is 0 Å². The first kappa shape index (κ1) is 23.4. The van der Waals surface area contributed by atoms with E-state index in [-0.39, 0.29) is 18.3 Å². The molecule has 0 N–H and O–H groups in total. The van der Waals surface area contributed by atoms with Gasteiger partial charge < -0.3 is 0 Å². The summed E-state index contributed by atoms with van der Waals surface area (Å²) in [7, 11) is 2.11. The topological polar surface area (TPSA) is 3.88 Å². The number of hydrogen-bond acceptors (Lipinski definition) is 0. The molecule has 0 spiro atoms. The summed E-state index contributed by atoms with van der Waals surface area (Å²) in [6.07, 6.45) is 10.1. The molecule has 0 bridgehead atoms. The molecule has 0 radical (unpaired) electrons. The largest absolute Gasteiger partial charge is 0.248 e. The lowest BCUT2D eigenvalue weighted by Gasteiger charge is -2.39. The van der Waals surface area contributed by atoms with Crippen LogP contribution in [0.2, 0.25) is 0 Å². The number of nitrogens with zero attached hydrogens (tertiary/aromatic N) is 1. The minimum atomic E-state index is -2.47. The fourth-order valence-electron chi connectivity index (χ4n) is 6.21. The quantitative estimate of drug-likeness (QED) is 0.427. The van der Waals surface area contributed by atoms with Gasteiger partial charge in [0.05, 0.1) is 0 Å². The Morgan fingerprint density at radius 2 is 1.59 bits per heavy atom. The van der Waals surface area contributed by atoms with Crippen LogP contribution in [0.3, 0.4) is 0 Å². The summed E-state index contributed by atoms with van der Waals surface area (Å²) in [6, 6.07) is 11.5. The molecule has 0 amide bonds. The zero-order valence-electron chi connectivity index (χ0n) is 20.6. The molecule has 0 aliphatic heterocycles. The van der Waals surface area contributed by atoms with Crippen LogP contribution >= 0.6 is 0 Å². The van der Waals surface area contributed by atoms with Gasteiger partial charge in [0.1, 0.15) is 7.05 Å². The van der Waals surface area contributed by atoms with E-state index in [0.29, 0.717) is 24.2 Å². The van der Waals surface area contributed by atoms with Crippen LogP contribution in [0.25, 0.3) is 11.3 Å². The lowest BCUT2D eigenvalue weighted by Crippen LogP contribution is -2.39. The van der Waals surface area contributed by atoms with Gasteiger partial charge in [-0.25, -0.2) is 13.3 Å². The Kier molecular flexibility index (Phi) is 6.24. The van der Waals surface area contributed by atoms with Crippen molar-refractivity contribution in [3.05, 3.63) is 53.2 Å². The SMILES string of the molecule is Cc1cc(C2(C)CCCCC2)ccc1-c1ccc(C(C)(C)C2CCC(F)(F)CC2)c[n+]1C. The van der Waals surface area contributed by atoms with Gasteiger partial charge in [-0.15, -0.1) is 0 Å².